The molecule has 2 aromatic rings. The van der Waals surface area contributed by atoms with Crippen molar-refractivity contribution in [3.05, 3.63) is 69.8 Å². The van der Waals surface area contributed by atoms with Crippen LogP contribution in [0.15, 0.2) is 48.5 Å². The van der Waals surface area contributed by atoms with Gasteiger partial charge in [-0.1, -0.05) is 30.3 Å². The maximum atomic E-state index is 12.7. The van der Waals surface area contributed by atoms with Crippen LogP contribution in [0.25, 0.3) is 0 Å². The zero-order valence-corrected chi connectivity index (χ0v) is 17.0. The smallest absolute Gasteiger partial charge is 0.293 e. The van der Waals surface area contributed by atoms with Gasteiger partial charge in [0.2, 0.25) is 0 Å². The summed E-state index contributed by atoms with van der Waals surface area (Å²) in [5.41, 5.74) is 1.22. The van der Waals surface area contributed by atoms with E-state index in [-0.39, 0.29) is 11.5 Å². The van der Waals surface area contributed by atoms with Gasteiger partial charge in [0.15, 0.2) is 5.78 Å². The molecule has 0 saturated carbocycles. The van der Waals surface area contributed by atoms with Crippen molar-refractivity contribution in [3.63, 3.8) is 0 Å². The number of hydrogen-bond donors (Lipinski definition) is 1. The van der Waals surface area contributed by atoms with Crippen molar-refractivity contribution in [1.82, 2.24) is 4.90 Å². The molecule has 0 amide bonds. The third-order valence-electron chi connectivity index (χ3n) is 6.11. The first kappa shape index (κ1) is 20.5. The highest BCUT2D eigenvalue weighted by atomic mass is 16.6. The quantitative estimate of drug-likeness (QED) is 0.406. The van der Waals surface area contributed by atoms with E-state index >= 15 is 0 Å². The number of nitro benzene ring substituents is 1. The molecular formula is C23H27N3O4. The van der Waals surface area contributed by atoms with Crippen LogP contribution in [-0.2, 0) is 4.74 Å². The topological polar surface area (TPSA) is 84.7 Å². The van der Waals surface area contributed by atoms with E-state index in [9.17, 15) is 14.9 Å². The summed E-state index contributed by atoms with van der Waals surface area (Å²) in [6.07, 6.45) is 3.41. The molecule has 2 fully saturated rings. The number of likely N-dealkylation sites (tertiary alicyclic amines) is 1. The number of ether oxygens (including phenoxy) is 1. The third kappa shape index (κ3) is 4.52. The molecule has 2 aliphatic heterocycles. The lowest BCUT2D eigenvalue weighted by molar-refractivity contribution is -0.384. The van der Waals surface area contributed by atoms with Crippen molar-refractivity contribution in [2.24, 2.45) is 5.92 Å². The summed E-state index contributed by atoms with van der Waals surface area (Å²) in [4.78, 5) is 26.5. The van der Waals surface area contributed by atoms with Gasteiger partial charge in [0, 0.05) is 42.3 Å². The Bertz CT molecular complexity index is 875. The SMILES string of the molecule is O=C(c1ccccc1)c1ccc(NC[C@H]([C@H]2CCOC2)N2CCCC2)c([N+](=O)[O-])c1. The molecule has 0 bridgehead atoms. The van der Waals surface area contributed by atoms with Crippen LogP contribution in [0.4, 0.5) is 11.4 Å². The van der Waals surface area contributed by atoms with Crippen LogP contribution in [0.5, 0.6) is 0 Å². The molecule has 0 spiro atoms. The number of hydrogen-bond acceptors (Lipinski definition) is 6. The van der Waals surface area contributed by atoms with Crippen LogP contribution >= 0.6 is 0 Å². The molecule has 4 rings (SSSR count). The molecule has 2 atom stereocenters. The van der Waals surface area contributed by atoms with Crippen LogP contribution < -0.4 is 5.32 Å². The van der Waals surface area contributed by atoms with Crippen molar-refractivity contribution in [2.45, 2.75) is 25.3 Å². The molecule has 2 saturated heterocycles. The summed E-state index contributed by atoms with van der Waals surface area (Å²) in [7, 11) is 0. The first-order chi connectivity index (χ1) is 14.6. The standard InChI is InChI=1S/C23H27N3O4/c27-23(17-6-2-1-3-7-17)18-8-9-20(21(14-18)26(28)29)24-15-22(19-10-13-30-16-19)25-11-4-5-12-25/h1-3,6-9,14,19,22,24H,4-5,10-13,15-16H2/t19-,22+/m0/s1. The fourth-order valence-corrected chi connectivity index (χ4v) is 4.47. The van der Waals surface area contributed by atoms with E-state index in [4.69, 9.17) is 4.74 Å². The Morgan fingerprint density at radius 2 is 1.93 bits per heavy atom. The molecule has 1 N–H and O–H groups in total. The second kappa shape index (κ2) is 9.36. The van der Waals surface area contributed by atoms with Crippen molar-refractivity contribution in [1.29, 1.82) is 0 Å². The molecule has 0 aliphatic carbocycles. The number of rotatable bonds is 8. The van der Waals surface area contributed by atoms with Crippen molar-refractivity contribution in [2.75, 3.05) is 38.2 Å². The summed E-state index contributed by atoms with van der Waals surface area (Å²) in [6, 6.07) is 13.8. The molecule has 0 unspecified atom stereocenters. The normalized spacial score (nSPS) is 20.2. The van der Waals surface area contributed by atoms with Crippen LogP contribution in [0.3, 0.4) is 0 Å². The van der Waals surface area contributed by atoms with Gasteiger partial charge in [-0.2, -0.15) is 0 Å². The monoisotopic (exact) mass is 409 g/mol. The second-order valence-electron chi connectivity index (χ2n) is 8.00. The average Bonchev–Trinajstić information content (AvgIpc) is 3.49. The molecule has 2 heterocycles. The molecule has 0 radical (unpaired) electrons. The number of nitrogens with zero attached hydrogens (tertiary/aromatic N) is 2. The van der Waals surface area contributed by atoms with Crippen molar-refractivity contribution in [3.8, 4) is 0 Å². The van der Waals surface area contributed by atoms with E-state index in [1.807, 2.05) is 6.07 Å². The van der Waals surface area contributed by atoms with E-state index in [0.717, 1.165) is 32.7 Å². The fourth-order valence-electron chi connectivity index (χ4n) is 4.47. The van der Waals surface area contributed by atoms with Crippen LogP contribution in [0.2, 0.25) is 0 Å². The molecular weight excluding hydrogens is 382 g/mol. The zero-order chi connectivity index (χ0) is 20.9. The molecule has 7 heteroatoms. The molecule has 0 aromatic heterocycles. The van der Waals surface area contributed by atoms with Crippen LogP contribution in [0.1, 0.15) is 35.2 Å². The molecule has 2 aliphatic rings. The fraction of sp³-hybridized carbons (Fsp3) is 0.435. The minimum absolute atomic E-state index is 0.0698. The number of carbonyl (C=O) groups excluding carboxylic acids is 1. The lowest BCUT2D eigenvalue weighted by atomic mass is 9.97. The van der Waals surface area contributed by atoms with Gasteiger partial charge < -0.3 is 10.1 Å². The predicted octanol–water partition coefficient (Wildman–Crippen LogP) is 3.74. The predicted molar refractivity (Wildman–Crippen MR) is 115 cm³/mol. The van der Waals surface area contributed by atoms with Gasteiger partial charge in [-0.3, -0.25) is 19.8 Å². The van der Waals surface area contributed by atoms with Crippen molar-refractivity contribution < 1.29 is 14.5 Å². The highest BCUT2D eigenvalue weighted by Crippen LogP contribution is 2.29. The molecule has 7 nitrogen and oxygen atoms in total. The van der Waals surface area contributed by atoms with E-state index in [2.05, 4.69) is 10.2 Å². The van der Waals surface area contributed by atoms with E-state index in [0.29, 0.717) is 35.3 Å². The minimum Gasteiger partial charge on any atom is -0.381 e. The average molecular weight is 409 g/mol. The van der Waals surface area contributed by atoms with Gasteiger partial charge in [0.05, 0.1) is 11.5 Å². The van der Waals surface area contributed by atoms with Gasteiger partial charge in [-0.05, 0) is 44.5 Å². The largest absolute Gasteiger partial charge is 0.381 e. The number of anilines is 1. The lowest BCUT2D eigenvalue weighted by Crippen LogP contribution is -2.44. The molecule has 30 heavy (non-hydrogen) atoms. The number of ketones is 1. The van der Waals surface area contributed by atoms with Crippen molar-refractivity contribution >= 4 is 17.2 Å². The molecule has 2 aromatic carbocycles. The van der Waals surface area contributed by atoms with Gasteiger partial charge in [0.1, 0.15) is 5.69 Å². The Labute approximate surface area is 176 Å². The maximum absolute atomic E-state index is 12.7. The van der Waals surface area contributed by atoms with Crippen LogP contribution in [-0.4, -0.2) is 54.5 Å². The Hall–Kier alpha value is -2.77. The van der Waals surface area contributed by atoms with Gasteiger partial charge in [0.25, 0.3) is 5.69 Å². The van der Waals surface area contributed by atoms with E-state index in [1.54, 1.807) is 36.4 Å². The van der Waals surface area contributed by atoms with Gasteiger partial charge in [-0.15, -0.1) is 0 Å². The zero-order valence-electron chi connectivity index (χ0n) is 17.0. The minimum atomic E-state index is -0.423. The molecule has 158 valence electrons. The van der Waals surface area contributed by atoms with Gasteiger partial charge >= 0.3 is 0 Å². The third-order valence-corrected chi connectivity index (χ3v) is 6.11. The Kier molecular flexibility index (Phi) is 6.40. The number of carbonyl (C=O) groups is 1. The summed E-state index contributed by atoms with van der Waals surface area (Å²) in [5, 5.41) is 15.0. The maximum Gasteiger partial charge on any atom is 0.293 e. The van der Waals surface area contributed by atoms with E-state index < -0.39 is 4.92 Å². The Balaban J connectivity index is 1.52. The second-order valence-corrected chi connectivity index (χ2v) is 8.00. The summed E-state index contributed by atoms with van der Waals surface area (Å²) >= 11 is 0. The number of benzene rings is 2. The first-order valence-electron chi connectivity index (χ1n) is 10.6. The van der Waals surface area contributed by atoms with Gasteiger partial charge in [-0.25, -0.2) is 0 Å². The highest BCUT2D eigenvalue weighted by molar-refractivity contribution is 6.09. The highest BCUT2D eigenvalue weighted by Gasteiger charge is 2.32. The Morgan fingerprint density at radius 3 is 2.60 bits per heavy atom. The number of nitrogens with one attached hydrogen (secondary N) is 1. The first-order valence-corrected chi connectivity index (χ1v) is 10.6. The van der Waals surface area contributed by atoms with Crippen LogP contribution in [0, 0.1) is 16.0 Å². The van der Waals surface area contributed by atoms with E-state index in [1.165, 1.54) is 18.9 Å². The summed E-state index contributed by atoms with van der Waals surface area (Å²) in [6.45, 7) is 4.28. The number of nitro groups is 1. The Morgan fingerprint density at radius 1 is 1.17 bits per heavy atom. The summed E-state index contributed by atoms with van der Waals surface area (Å²) in [5.74, 6) is 0.219. The summed E-state index contributed by atoms with van der Waals surface area (Å²) < 4.78 is 5.60. The lowest BCUT2D eigenvalue weighted by Gasteiger charge is -2.32.